The maximum atomic E-state index is 6.05. The fourth-order valence-corrected chi connectivity index (χ4v) is 2.48. The zero-order chi connectivity index (χ0) is 12.5. The van der Waals surface area contributed by atoms with Crippen LogP contribution in [0.3, 0.4) is 0 Å². The Morgan fingerprint density at radius 3 is 3.17 bits per heavy atom. The first-order valence-corrected chi connectivity index (χ1v) is 6.22. The molecule has 94 valence electrons. The summed E-state index contributed by atoms with van der Waals surface area (Å²) in [7, 11) is 1.68. The van der Waals surface area contributed by atoms with Crippen molar-refractivity contribution in [3.8, 4) is 17.0 Å². The summed E-state index contributed by atoms with van der Waals surface area (Å²) in [4.78, 5) is 4.53. The molecular formula is C14H17N3O. The lowest BCUT2D eigenvalue weighted by Gasteiger charge is -2.21. The van der Waals surface area contributed by atoms with Crippen LogP contribution < -0.4 is 10.5 Å². The highest BCUT2D eigenvalue weighted by atomic mass is 16.5. The lowest BCUT2D eigenvalue weighted by molar-refractivity contribution is 0.415. The number of benzene rings is 1. The molecule has 1 atom stereocenters. The Morgan fingerprint density at radius 1 is 1.44 bits per heavy atom. The van der Waals surface area contributed by atoms with Crippen LogP contribution in [0.1, 0.15) is 12.1 Å². The number of hydrogen-bond donors (Lipinski definition) is 1. The van der Waals surface area contributed by atoms with Crippen molar-refractivity contribution in [2.45, 2.75) is 25.4 Å². The van der Waals surface area contributed by atoms with Crippen LogP contribution in [0.15, 0.2) is 30.6 Å². The molecule has 3 rings (SSSR count). The fourth-order valence-electron chi connectivity index (χ4n) is 2.48. The zero-order valence-corrected chi connectivity index (χ0v) is 10.5. The second kappa shape index (κ2) is 4.46. The van der Waals surface area contributed by atoms with Crippen LogP contribution in [0.2, 0.25) is 0 Å². The molecule has 0 saturated carbocycles. The first-order chi connectivity index (χ1) is 8.78. The van der Waals surface area contributed by atoms with Crippen LogP contribution in [-0.4, -0.2) is 22.7 Å². The van der Waals surface area contributed by atoms with Gasteiger partial charge in [0.2, 0.25) is 0 Å². The van der Waals surface area contributed by atoms with E-state index in [9.17, 15) is 0 Å². The molecule has 0 fully saturated rings. The third-order valence-corrected chi connectivity index (χ3v) is 3.49. The number of aryl methyl sites for hydroxylation is 1. The fraction of sp³-hybridized carbons (Fsp3) is 0.357. The molecule has 1 aromatic heterocycles. The summed E-state index contributed by atoms with van der Waals surface area (Å²) in [6.45, 7) is 0.966. The van der Waals surface area contributed by atoms with Crippen LogP contribution in [0.5, 0.6) is 5.75 Å². The minimum absolute atomic E-state index is 0.249. The van der Waals surface area contributed by atoms with Crippen molar-refractivity contribution >= 4 is 0 Å². The zero-order valence-electron chi connectivity index (χ0n) is 10.5. The summed E-state index contributed by atoms with van der Waals surface area (Å²) in [6, 6.07) is 8.26. The predicted octanol–water partition coefficient (Wildman–Crippen LogP) is 1.83. The summed E-state index contributed by atoms with van der Waals surface area (Å²) in [5.41, 5.74) is 9.41. The van der Waals surface area contributed by atoms with E-state index in [-0.39, 0.29) is 6.04 Å². The molecule has 0 spiro atoms. The summed E-state index contributed by atoms with van der Waals surface area (Å²) in [5.74, 6) is 0.856. The van der Waals surface area contributed by atoms with Crippen LogP contribution in [0.25, 0.3) is 11.3 Å². The minimum Gasteiger partial charge on any atom is -0.497 e. The van der Waals surface area contributed by atoms with Crippen molar-refractivity contribution in [1.29, 1.82) is 0 Å². The van der Waals surface area contributed by atoms with Crippen molar-refractivity contribution in [3.05, 3.63) is 36.3 Å². The number of aromatic nitrogens is 2. The Balaban J connectivity index is 2.04. The van der Waals surface area contributed by atoms with Gasteiger partial charge in [0.1, 0.15) is 5.75 Å². The van der Waals surface area contributed by atoms with E-state index in [1.54, 1.807) is 7.11 Å². The van der Waals surface area contributed by atoms with E-state index in [0.717, 1.165) is 36.4 Å². The van der Waals surface area contributed by atoms with E-state index < -0.39 is 0 Å². The summed E-state index contributed by atoms with van der Waals surface area (Å²) in [6.07, 6.45) is 3.84. The molecule has 18 heavy (non-hydrogen) atoms. The molecule has 0 radical (unpaired) electrons. The first-order valence-electron chi connectivity index (χ1n) is 6.22. The van der Waals surface area contributed by atoms with Gasteiger partial charge in [-0.1, -0.05) is 12.1 Å². The Bertz CT molecular complexity index is 562. The van der Waals surface area contributed by atoms with Gasteiger partial charge in [0.05, 0.1) is 19.1 Å². The Hall–Kier alpha value is -1.81. The smallest absolute Gasteiger partial charge is 0.119 e. The molecule has 0 aliphatic carbocycles. The number of hydrogen-bond acceptors (Lipinski definition) is 3. The van der Waals surface area contributed by atoms with Gasteiger partial charge in [0.15, 0.2) is 0 Å². The molecule has 1 aliphatic rings. The standard InChI is InChI=1S/C14H17N3O/c1-18-12-4-2-3-10(7-12)14-13-8-11(15)5-6-17(13)9-16-14/h2-4,7,9,11H,5-6,8,15H2,1H3. The first kappa shape index (κ1) is 11.3. The van der Waals surface area contributed by atoms with Crippen molar-refractivity contribution in [3.63, 3.8) is 0 Å². The number of imidazole rings is 1. The van der Waals surface area contributed by atoms with Gasteiger partial charge in [0, 0.05) is 30.3 Å². The number of nitrogens with two attached hydrogens (primary N) is 1. The second-order valence-corrected chi connectivity index (χ2v) is 4.72. The molecule has 4 heteroatoms. The average Bonchev–Trinajstić information content (AvgIpc) is 2.81. The number of ether oxygens (including phenoxy) is 1. The van der Waals surface area contributed by atoms with E-state index in [1.807, 2.05) is 24.5 Å². The molecule has 1 aromatic carbocycles. The Morgan fingerprint density at radius 2 is 2.33 bits per heavy atom. The molecule has 0 amide bonds. The van der Waals surface area contributed by atoms with E-state index in [1.165, 1.54) is 5.69 Å². The highest BCUT2D eigenvalue weighted by molar-refractivity contribution is 5.64. The Kier molecular flexibility index (Phi) is 2.80. The van der Waals surface area contributed by atoms with Gasteiger partial charge in [-0.15, -0.1) is 0 Å². The monoisotopic (exact) mass is 243 g/mol. The summed E-state index contributed by atoms with van der Waals surface area (Å²) in [5, 5.41) is 0. The molecule has 0 bridgehead atoms. The summed E-state index contributed by atoms with van der Waals surface area (Å²) < 4.78 is 7.47. The second-order valence-electron chi connectivity index (χ2n) is 4.72. The molecule has 2 heterocycles. The van der Waals surface area contributed by atoms with Crippen molar-refractivity contribution in [1.82, 2.24) is 9.55 Å². The lowest BCUT2D eigenvalue weighted by Crippen LogP contribution is -2.30. The van der Waals surface area contributed by atoms with Gasteiger partial charge in [-0.05, 0) is 18.6 Å². The maximum Gasteiger partial charge on any atom is 0.119 e. The third kappa shape index (κ3) is 1.88. The predicted molar refractivity (Wildman–Crippen MR) is 70.5 cm³/mol. The lowest BCUT2D eigenvalue weighted by atomic mass is 10.0. The SMILES string of the molecule is COc1cccc(-c2ncn3c2CC(N)CC3)c1. The van der Waals surface area contributed by atoms with E-state index in [2.05, 4.69) is 15.6 Å². The molecule has 1 unspecified atom stereocenters. The minimum atomic E-state index is 0.249. The van der Waals surface area contributed by atoms with Crippen molar-refractivity contribution < 1.29 is 4.74 Å². The molecule has 1 aliphatic heterocycles. The Labute approximate surface area is 106 Å². The van der Waals surface area contributed by atoms with Crippen LogP contribution in [0.4, 0.5) is 0 Å². The topological polar surface area (TPSA) is 53.1 Å². The van der Waals surface area contributed by atoms with Gasteiger partial charge < -0.3 is 15.0 Å². The molecule has 0 saturated heterocycles. The van der Waals surface area contributed by atoms with Gasteiger partial charge in [-0.25, -0.2) is 4.98 Å². The van der Waals surface area contributed by atoms with E-state index >= 15 is 0 Å². The largest absolute Gasteiger partial charge is 0.497 e. The molecule has 2 aromatic rings. The third-order valence-electron chi connectivity index (χ3n) is 3.49. The normalized spacial score (nSPS) is 18.4. The van der Waals surface area contributed by atoms with Crippen LogP contribution >= 0.6 is 0 Å². The molecular weight excluding hydrogens is 226 g/mol. The molecule has 2 N–H and O–H groups in total. The van der Waals surface area contributed by atoms with Crippen molar-refractivity contribution in [2.24, 2.45) is 5.73 Å². The van der Waals surface area contributed by atoms with E-state index in [0.29, 0.717) is 0 Å². The van der Waals surface area contributed by atoms with Crippen LogP contribution in [0, 0.1) is 0 Å². The number of nitrogens with zero attached hydrogens (tertiary/aromatic N) is 2. The van der Waals surface area contributed by atoms with Gasteiger partial charge in [-0.3, -0.25) is 0 Å². The quantitative estimate of drug-likeness (QED) is 0.875. The van der Waals surface area contributed by atoms with E-state index in [4.69, 9.17) is 10.5 Å². The number of rotatable bonds is 2. The van der Waals surface area contributed by atoms with Crippen LogP contribution in [-0.2, 0) is 13.0 Å². The van der Waals surface area contributed by atoms with Crippen molar-refractivity contribution in [2.75, 3.05) is 7.11 Å². The van der Waals surface area contributed by atoms with Gasteiger partial charge in [0.25, 0.3) is 0 Å². The molecule has 4 nitrogen and oxygen atoms in total. The maximum absolute atomic E-state index is 6.05. The number of fused-ring (bicyclic) bond motifs is 1. The average molecular weight is 243 g/mol. The van der Waals surface area contributed by atoms with Gasteiger partial charge in [-0.2, -0.15) is 0 Å². The highest BCUT2D eigenvalue weighted by Crippen LogP contribution is 2.28. The van der Waals surface area contributed by atoms with Gasteiger partial charge >= 0.3 is 0 Å². The number of methoxy groups -OCH3 is 1. The highest BCUT2D eigenvalue weighted by Gasteiger charge is 2.20. The summed E-state index contributed by atoms with van der Waals surface area (Å²) >= 11 is 0.